The van der Waals surface area contributed by atoms with Crippen LogP contribution >= 0.6 is 23.5 Å². The van der Waals surface area contributed by atoms with Crippen LogP contribution in [-0.2, 0) is 11.1 Å². The predicted molar refractivity (Wildman–Crippen MR) is 170 cm³/mol. The van der Waals surface area contributed by atoms with E-state index in [1.165, 1.54) is 22.3 Å². The lowest BCUT2D eigenvalue weighted by molar-refractivity contribution is 0.629. The quantitative estimate of drug-likeness (QED) is 0.214. The van der Waals surface area contributed by atoms with E-state index in [1.807, 2.05) is 0 Å². The number of rotatable bonds is 6. The van der Waals surface area contributed by atoms with E-state index in [2.05, 4.69) is 140 Å². The third-order valence-electron chi connectivity index (χ3n) is 7.61. The molecule has 5 heteroatoms. The highest BCUT2D eigenvalue weighted by Crippen LogP contribution is 2.45. The Morgan fingerprint density at radius 2 is 0.725 bits per heavy atom. The van der Waals surface area contributed by atoms with Crippen LogP contribution < -0.4 is 0 Å². The second kappa shape index (κ2) is 10.6. The van der Waals surface area contributed by atoms with Gasteiger partial charge in [0.15, 0.2) is 0 Å². The van der Waals surface area contributed by atoms with E-state index in [9.17, 15) is 0 Å². The van der Waals surface area contributed by atoms with Gasteiger partial charge in [0.05, 0.1) is 11.4 Å². The Balaban J connectivity index is 1.29. The average Bonchev–Trinajstić information content (AvgIpc) is 3.71. The maximum atomic E-state index is 5.39. The molecule has 40 heavy (non-hydrogen) atoms. The third-order valence-corrected chi connectivity index (χ3v) is 9.89. The molecule has 3 nitrogen and oxygen atoms in total. The molecule has 194 valence electrons. The van der Waals surface area contributed by atoms with Crippen LogP contribution in [0.3, 0.4) is 0 Å². The van der Waals surface area contributed by atoms with Crippen molar-refractivity contribution in [2.24, 2.45) is 9.98 Å². The molecule has 2 aliphatic heterocycles. The molecular formula is C35H27N3S2. The summed E-state index contributed by atoms with van der Waals surface area (Å²) >= 11 is 3.56. The molecule has 0 aliphatic carbocycles. The minimum atomic E-state index is -0.435. The smallest absolute Gasteiger partial charge is 0.121 e. The second-order valence-electron chi connectivity index (χ2n) is 10.0. The summed E-state index contributed by atoms with van der Waals surface area (Å²) in [4.78, 5) is 15.9. The van der Waals surface area contributed by atoms with Crippen LogP contribution in [0.15, 0.2) is 150 Å². The number of pyridine rings is 1. The lowest BCUT2D eigenvalue weighted by Crippen LogP contribution is -2.25. The Morgan fingerprint density at radius 3 is 1.05 bits per heavy atom. The monoisotopic (exact) mass is 553 g/mol. The predicted octanol–water partition coefficient (Wildman–Crippen LogP) is 7.96. The van der Waals surface area contributed by atoms with E-state index >= 15 is 0 Å². The van der Waals surface area contributed by atoms with Crippen molar-refractivity contribution in [3.63, 3.8) is 0 Å². The van der Waals surface area contributed by atoms with Gasteiger partial charge in [0.2, 0.25) is 0 Å². The third kappa shape index (κ3) is 4.40. The molecule has 0 saturated carbocycles. The Morgan fingerprint density at radius 1 is 0.400 bits per heavy atom. The van der Waals surface area contributed by atoms with E-state index in [0.29, 0.717) is 0 Å². The van der Waals surface area contributed by atoms with Crippen LogP contribution in [0.4, 0.5) is 0 Å². The van der Waals surface area contributed by atoms with Crippen molar-refractivity contribution in [3.8, 4) is 0 Å². The summed E-state index contributed by atoms with van der Waals surface area (Å²) in [6.45, 7) is 0. The molecule has 0 bridgehead atoms. The van der Waals surface area contributed by atoms with Gasteiger partial charge in [-0.2, -0.15) is 0 Å². The number of hydrogen-bond acceptors (Lipinski definition) is 5. The Bertz CT molecular complexity index is 1480. The van der Waals surface area contributed by atoms with Gasteiger partial charge in [-0.3, -0.25) is 9.98 Å². The van der Waals surface area contributed by atoms with Crippen molar-refractivity contribution in [1.82, 2.24) is 4.98 Å². The van der Waals surface area contributed by atoms with E-state index in [4.69, 9.17) is 15.0 Å². The zero-order chi connectivity index (χ0) is 26.8. The Kier molecular flexibility index (Phi) is 6.62. The first-order chi connectivity index (χ1) is 19.8. The van der Waals surface area contributed by atoms with Crippen LogP contribution in [0.5, 0.6) is 0 Å². The van der Waals surface area contributed by atoms with Crippen molar-refractivity contribution in [1.29, 1.82) is 0 Å². The van der Waals surface area contributed by atoms with Gasteiger partial charge in [-0.1, -0.05) is 127 Å². The zero-order valence-electron chi connectivity index (χ0n) is 21.9. The minimum Gasteiger partial charge on any atom is -0.259 e. The number of aromatic nitrogens is 1. The minimum absolute atomic E-state index is 0.435. The molecule has 0 spiro atoms. The molecule has 0 amide bonds. The lowest BCUT2D eigenvalue weighted by Gasteiger charge is -2.26. The van der Waals surface area contributed by atoms with Gasteiger partial charge >= 0.3 is 0 Å². The molecule has 1 aromatic heterocycles. The molecule has 3 heterocycles. The number of hydrogen-bond donors (Lipinski definition) is 0. The fraction of sp³-hybridized carbons (Fsp3) is 0.114. The van der Waals surface area contributed by atoms with Crippen LogP contribution in [0.1, 0.15) is 33.6 Å². The van der Waals surface area contributed by atoms with Gasteiger partial charge in [-0.25, -0.2) is 4.98 Å². The molecule has 0 unspecified atom stereocenters. The maximum absolute atomic E-state index is 5.39. The summed E-state index contributed by atoms with van der Waals surface area (Å²) in [5.74, 6) is 1.67. The lowest BCUT2D eigenvalue weighted by atomic mass is 9.85. The zero-order valence-corrected chi connectivity index (χ0v) is 23.5. The van der Waals surface area contributed by atoms with Gasteiger partial charge in [0.1, 0.15) is 21.2 Å². The van der Waals surface area contributed by atoms with Gasteiger partial charge in [-0.05, 0) is 34.4 Å². The molecule has 2 aliphatic rings. The largest absolute Gasteiger partial charge is 0.259 e. The van der Waals surface area contributed by atoms with E-state index in [1.54, 1.807) is 23.5 Å². The van der Waals surface area contributed by atoms with Crippen LogP contribution in [-0.4, -0.2) is 26.6 Å². The number of benzene rings is 4. The summed E-state index contributed by atoms with van der Waals surface area (Å²) in [5.41, 5.74) is 5.73. The topological polar surface area (TPSA) is 37.6 Å². The van der Waals surface area contributed by atoms with Crippen molar-refractivity contribution < 1.29 is 0 Å². The van der Waals surface area contributed by atoms with Crippen molar-refractivity contribution >= 4 is 33.6 Å². The maximum Gasteiger partial charge on any atom is 0.121 e. The summed E-state index contributed by atoms with van der Waals surface area (Å²) in [7, 11) is 0. The molecule has 0 fully saturated rings. The second-order valence-corrected chi connectivity index (χ2v) is 11.9. The highest BCUT2D eigenvalue weighted by Gasteiger charge is 2.41. The van der Waals surface area contributed by atoms with Gasteiger partial charge in [0.25, 0.3) is 0 Å². The SMILES string of the molecule is c1ccc(C2(c3ccccc3)CSC(c3cccc(C4=NC(c5ccccc5)(c5ccccc5)CS4)n3)=N2)cc1. The number of aliphatic imine (C=N–C) groups is 2. The van der Waals surface area contributed by atoms with Gasteiger partial charge in [0, 0.05) is 11.5 Å². The molecule has 0 atom stereocenters. The van der Waals surface area contributed by atoms with Crippen LogP contribution in [0.25, 0.3) is 0 Å². The normalized spacial score (nSPS) is 17.3. The average molecular weight is 554 g/mol. The van der Waals surface area contributed by atoms with Gasteiger partial charge < -0.3 is 0 Å². The molecule has 4 aromatic carbocycles. The molecule has 0 saturated heterocycles. The van der Waals surface area contributed by atoms with Crippen molar-refractivity contribution in [3.05, 3.63) is 173 Å². The first kappa shape index (κ1) is 25.1. The fourth-order valence-electron chi connectivity index (χ4n) is 5.54. The number of thioether (sulfide) groups is 2. The molecule has 5 aromatic rings. The standard InChI is InChI=1S/C35H27N3S2/c1-5-14-26(15-6-1)34(27-16-7-2-8-17-27)24-39-32(37-34)30-22-13-23-31(36-30)33-38-35(25-40-33,28-18-9-3-10-19-28)29-20-11-4-12-21-29/h1-23H,24-25H2. The molecular weight excluding hydrogens is 527 g/mol. The first-order valence-corrected chi connectivity index (χ1v) is 15.4. The van der Waals surface area contributed by atoms with Gasteiger partial charge in [-0.15, -0.1) is 23.5 Å². The highest BCUT2D eigenvalue weighted by molar-refractivity contribution is 8.15. The number of nitrogens with zero attached hydrogens (tertiary/aromatic N) is 3. The van der Waals surface area contributed by atoms with E-state index < -0.39 is 11.1 Å². The van der Waals surface area contributed by atoms with Crippen molar-refractivity contribution in [2.75, 3.05) is 11.5 Å². The first-order valence-electron chi connectivity index (χ1n) is 13.4. The van der Waals surface area contributed by atoms with Crippen molar-refractivity contribution in [2.45, 2.75) is 11.1 Å². The van der Waals surface area contributed by atoms with E-state index in [0.717, 1.165) is 33.0 Å². The molecule has 7 rings (SSSR count). The Labute approximate surface area is 243 Å². The molecule has 0 radical (unpaired) electrons. The summed E-state index contributed by atoms with van der Waals surface area (Å²) in [5, 5.41) is 1.94. The fourth-order valence-corrected chi connectivity index (χ4v) is 7.99. The Hall–Kier alpha value is -3.93. The highest BCUT2D eigenvalue weighted by atomic mass is 32.2. The summed E-state index contributed by atoms with van der Waals surface area (Å²) in [6.07, 6.45) is 0. The summed E-state index contributed by atoms with van der Waals surface area (Å²) in [6, 6.07) is 48.7. The van der Waals surface area contributed by atoms with Crippen LogP contribution in [0, 0.1) is 0 Å². The van der Waals surface area contributed by atoms with E-state index in [-0.39, 0.29) is 0 Å². The van der Waals surface area contributed by atoms with Crippen LogP contribution in [0.2, 0.25) is 0 Å². The summed E-state index contributed by atoms with van der Waals surface area (Å²) < 4.78 is 0. The molecule has 0 N–H and O–H groups in total.